The molecule has 2 aromatic rings. The van der Waals surface area contributed by atoms with E-state index in [1.54, 1.807) is 49.4 Å². The number of rotatable bonds is 10. The number of allylic oxidation sites excluding steroid dienone is 1. The number of ketones is 1. The summed E-state index contributed by atoms with van der Waals surface area (Å²) >= 11 is 6.28. The molecule has 29 heavy (non-hydrogen) atoms. The van der Waals surface area contributed by atoms with E-state index in [-0.39, 0.29) is 11.5 Å². The van der Waals surface area contributed by atoms with Crippen LogP contribution in [0.4, 0.5) is 5.69 Å². The highest BCUT2D eigenvalue weighted by Crippen LogP contribution is 2.36. The normalized spacial score (nSPS) is 11.4. The van der Waals surface area contributed by atoms with Gasteiger partial charge in [-0.25, -0.2) is 8.42 Å². The Morgan fingerprint density at radius 3 is 2.45 bits per heavy atom. The van der Waals surface area contributed by atoms with E-state index in [2.05, 4.69) is 4.72 Å². The van der Waals surface area contributed by atoms with Crippen LogP contribution in [0, 0.1) is 0 Å². The minimum atomic E-state index is -3.36. The average molecular weight is 438 g/mol. The largest absolute Gasteiger partial charge is 0.493 e. The van der Waals surface area contributed by atoms with E-state index in [1.807, 2.05) is 6.92 Å². The Hall–Kier alpha value is -2.51. The quantitative estimate of drug-likeness (QED) is 0.426. The molecule has 0 aliphatic rings. The van der Waals surface area contributed by atoms with Gasteiger partial charge in [0.2, 0.25) is 10.0 Å². The third-order valence-corrected chi connectivity index (χ3v) is 5.54. The first kappa shape index (κ1) is 22.8. The fourth-order valence-corrected chi connectivity index (χ4v) is 3.32. The lowest BCUT2D eigenvalue weighted by molar-refractivity contribution is 0.104. The number of hydrogen-bond donors (Lipinski definition) is 1. The number of nitrogens with one attached hydrogen (secondary N) is 1. The summed E-state index contributed by atoms with van der Waals surface area (Å²) in [6.45, 7) is 4.07. The second kappa shape index (κ2) is 10.3. The van der Waals surface area contributed by atoms with E-state index in [1.165, 1.54) is 13.2 Å². The molecule has 2 rings (SSSR count). The minimum absolute atomic E-state index is 0.0231. The van der Waals surface area contributed by atoms with Gasteiger partial charge in [-0.3, -0.25) is 9.52 Å². The van der Waals surface area contributed by atoms with Crippen molar-refractivity contribution in [2.24, 2.45) is 0 Å². The van der Waals surface area contributed by atoms with Crippen LogP contribution in [0.2, 0.25) is 5.02 Å². The SMILES string of the molecule is CCCOc1c(Cl)cc(/C=C/C(=O)c2ccc(NS(=O)(=O)CC)cc2)cc1OC. The molecule has 156 valence electrons. The van der Waals surface area contributed by atoms with Crippen molar-refractivity contribution in [3.63, 3.8) is 0 Å². The molecule has 0 unspecified atom stereocenters. The van der Waals surface area contributed by atoms with Gasteiger partial charge in [-0.05, 0) is 61.4 Å². The van der Waals surface area contributed by atoms with E-state index in [4.69, 9.17) is 21.1 Å². The van der Waals surface area contributed by atoms with Crippen molar-refractivity contribution < 1.29 is 22.7 Å². The van der Waals surface area contributed by atoms with Gasteiger partial charge >= 0.3 is 0 Å². The molecule has 0 spiro atoms. The van der Waals surface area contributed by atoms with Gasteiger partial charge in [-0.15, -0.1) is 0 Å². The third kappa shape index (κ3) is 6.51. The summed E-state index contributed by atoms with van der Waals surface area (Å²) in [4.78, 5) is 12.4. The molecule has 0 aromatic heterocycles. The maximum atomic E-state index is 12.4. The monoisotopic (exact) mass is 437 g/mol. The highest BCUT2D eigenvalue weighted by atomic mass is 35.5. The van der Waals surface area contributed by atoms with Crippen molar-refractivity contribution in [1.29, 1.82) is 0 Å². The van der Waals surface area contributed by atoms with Gasteiger partial charge in [0.25, 0.3) is 0 Å². The topological polar surface area (TPSA) is 81.7 Å². The van der Waals surface area contributed by atoms with Crippen molar-refractivity contribution >= 4 is 39.2 Å². The predicted octanol–water partition coefficient (Wildman–Crippen LogP) is 4.80. The fourth-order valence-electron chi connectivity index (χ4n) is 2.40. The molecule has 0 amide bonds. The summed E-state index contributed by atoms with van der Waals surface area (Å²) in [5, 5.41) is 0.400. The van der Waals surface area contributed by atoms with Gasteiger partial charge in [-0.2, -0.15) is 0 Å². The van der Waals surface area contributed by atoms with Crippen LogP contribution in [0.1, 0.15) is 36.2 Å². The molecule has 0 atom stereocenters. The zero-order valence-electron chi connectivity index (χ0n) is 16.6. The van der Waals surface area contributed by atoms with Gasteiger partial charge in [-0.1, -0.05) is 24.6 Å². The zero-order chi connectivity index (χ0) is 21.4. The van der Waals surface area contributed by atoms with Crippen LogP contribution in [-0.4, -0.2) is 33.7 Å². The van der Waals surface area contributed by atoms with Gasteiger partial charge in [0.1, 0.15) is 0 Å². The summed E-state index contributed by atoms with van der Waals surface area (Å²) in [6.07, 6.45) is 3.89. The number of sulfonamides is 1. The highest BCUT2D eigenvalue weighted by molar-refractivity contribution is 7.92. The Kier molecular flexibility index (Phi) is 8.10. The lowest BCUT2D eigenvalue weighted by Gasteiger charge is -2.12. The Bertz CT molecular complexity index is 985. The summed E-state index contributed by atoms with van der Waals surface area (Å²) < 4.78 is 36.6. The number of carbonyl (C=O) groups excluding carboxylic acids is 1. The van der Waals surface area contributed by atoms with E-state index >= 15 is 0 Å². The second-order valence-corrected chi connectivity index (χ2v) is 8.58. The molecule has 6 nitrogen and oxygen atoms in total. The molecule has 0 saturated heterocycles. The van der Waals surface area contributed by atoms with Crippen molar-refractivity contribution in [2.45, 2.75) is 20.3 Å². The zero-order valence-corrected chi connectivity index (χ0v) is 18.1. The lowest BCUT2D eigenvalue weighted by Crippen LogP contribution is -2.14. The van der Waals surface area contributed by atoms with Crippen LogP contribution in [0.15, 0.2) is 42.5 Å². The number of ether oxygens (including phenoxy) is 2. The summed E-state index contributed by atoms with van der Waals surface area (Å²) in [5.41, 5.74) is 1.53. The summed E-state index contributed by atoms with van der Waals surface area (Å²) in [5.74, 6) is 0.719. The molecule has 0 fully saturated rings. The standard InChI is InChI=1S/C21H24ClNO5S/c1-4-12-28-21-18(22)13-15(14-20(21)27-3)6-11-19(24)16-7-9-17(10-8-16)23-29(25,26)5-2/h6-11,13-14,23H,4-5,12H2,1-3H3/b11-6+. The molecule has 8 heteroatoms. The van der Waals surface area contributed by atoms with E-state index < -0.39 is 10.0 Å². The number of carbonyl (C=O) groups is 1. The molecule has 0 aliphatic carbocycles. The molecule has 1 N–H and O–H groups in total. The maximum Gasteiger partial charge on any atom is 0.232 e. The summed E-state index contributed by atoms with van der Waals surface area (Å²) in [7, 11) is -1.83. The minimum Gasteiger partial charge on any atom is -0.493 e. The number of benzene rings is 2. The predicted molar refractivity (Wildman–Crippen MR) is 117 cm³/mol. The van der Waals surface area contributed by atoms with E-state index in [9.17, 15) is 13.2 Å². The first-order valence-electron chi connectivity index (χ1n) is 9.13. The van der Waals surface area contributed by atoms with Gasteiger partial charge in [0.05, 0.1) is 24.5 Å². The van der Waals surface area contributed by atoms with Gasteiger partial charge in [0.15, 0.2) is 17.3 Å². The van der Waals surface area contributed by atoms with Crippen LogP contribution in [0.5, 0.6) is 11.5 Å². The van der Waals surface area contributed by atoms with Crippen LogP contribution < -0.4 is 14.2 Å². The van der Waals surface area contributed by atoms with Gasteiger partial charge < -0.3 is 9.47 Å². The van der Waals surface area contributed by atoms with Crippen molar-refractivity contribution in [2.75, 3.05) is 24.2 Å². The Labute approximate surface area is 176 Å². The van der Waals surface area contributed by atoms with E-state index in [0.717, 1.165) is 6.42 Å². The molecule has 2 aromatic carbocycles. The average Bonchev–Trinajstić information content (AvgIpc) is 2.71. The summed E-state index contributed by atoms with van der Waals surface area (Å²) in [6, 6.07) is 9.66. The molecular weight excluding hydrogens is 414 g/mol. The van der Waals surface area contributed by atoms with Crippen LogP contribution in [0.25, 0.3) is 6.08 Å². The fraction of sp³-hybridized carbons (Fsp3) is 0.286. The van der Waals surface area contributed by atoms with Crippen molar-refractivity contribution in [1.82, 2.24) is 0 Å². The number of hydrogen-bond acceptors (Lipinski definition) is 5. The van der Waals surface area contributed by atoms with Crippen LogP contribution >= 0.6 is 11.6 Å². The third-order valence-electron chi connectivity index (χ3n) is 3.95. The molecule has 0 radical (unpaired) electrons. The first-order valence-corrected chi connectivity index (χ1v) is 11.2. The molecular formula is C21H24ClNO5S. The van der Waals surface area contributed by atoms with Crippen molar-refractivity contribution in [3.05, 3.63) is 58.6 Å². The first-order chi connectivity index (χ1) is 13.8. The van der Waals surface area contributed by atoms with Gasteiger partial charge in [0, 0.05) is 11.3 Å². The van der Waals surface area contributed by atoms with Crippen molar-refractivity contribution in [3.8, 4) is 11.5 Å². The molecule has 0 saturated carbocycles. The second-order valence-electron chi connectivity index (χ2n) is 6.16. The molecule has 0 aliphatic heterocycles. The Balaban J connectivity index is 2.15. The van der Waals surface area contributed by atoms with E-state index in [0.29, 0.717) is 39.9 Å². The maximum absolute atomic E-state index is 12.4. The Morgan fingerprint density at radius 1 is 1.17 bits per heavy atom. The lowest BCUT2D eigenvalue weighted by atomic mass is 10.1. The number of methoxy groups -OCH3 is 1. The van der Waals surface area contributed by atoms with Crippen LogP contribution in [-0.2, 0) is 10.0 Å². The molecule has 0 heterocycles. The van der Waals surface area contributed by atoms with Crippen LogP contribution in [0.3, 0.4) is 0 Å². The smallest absolute Gasteiger partial charge is 0.232 e. The highest BCUT2D eigenvalue weighted by Gasteiger charge is 2.12. The molecule has 0 bridgehead atoms. The number of halogens is 1. The Morgan fingerprint density at radius 2 is 1.86 bits per heavy atom. The number of anilines is 1.